The van der Waals surface area contributed by atoms with Gasteiger partial charge in [0.1, 0.15) is 35.2 Å². The fourth-order valence-corrected chi connectivity index (χ4v) is 9.57. The zero-order valence-electron chi connectivity index (χ0n) is 33.8. The number of fused-ring (bicyclic) bond motifs is 3. The number of methoxy groups -OCH3 is 1. The number of nitrogens with one attached hydrogen (secondary N) is 4. The molecule has 3 fully saturated rings. The van der Waals surface area contributed by atoms with Gasteiger partial charge >= 0.3 is 6.03 Å². The third-order valence-corrected chi connectivity index (χ3v) is 13.6. The van der Waals surface area contributed by atoms with Crippen LogP contribution in [-0.2, 0) is 30.8 Å². The van der Waals surface area contributed by atoms with Crippen molar-refractivity contribution in [2.75, 3.05) is 13.7 Å². The van der Waals surface area contributed by atoms with Crippen LogP contribution in [0.3, 0.4) is 0 Å². The summed E-state index contributed by atoms with van der Waals surface area (Å²) in [6.07, 6.45) is 4.94. The minimum atomic E-state index is -3.91. The Balaban J connectivity index is 1.28. The van der Waals surface area contributed by atoms with Crippen molar-refractivity contribution in [1.82, 2.24) is 30.6 Å². The van der Waals surface area contributed by atoms with Crippen LogP contribution in [-0.4, -0.2) is 90.2 Å². The van der Waals surface area contributed by atoms with E-state index in [1.807, 2.05) is 76.2 Å². The van der Waals surface area contributed by atoms with E-state index < -0.39 is 74.2 Å². The number of pyridine rings is 1. The van der Waals surface area contributed by atoms with Gasteiger partial charge in [0.05, 0.1) is 30.1 Å². The first-order valence-electron chi connectivity index (χ1n) is 20.2. The van der Waals surface area contributed by atoms with Crippen LogP contribution in [0, 0.1) is 11.8 Å². The largest absolute Gasteiger partial charge is 0.496 e. The molecule has 0 radical (unpaired) electrons. The summed E-state index contributed by atoms with van der Waals surface area (Å²) in [5.41, 5.74) is 0.999. The Morgan fingerprint density at radius 1 is 1.10 bits per heavy atom. The van der Waals surface area contributed by atoms with Gasteiger partial charge < -0.3 is 30.3 Å². The van der Waals surface area contributed by atoms with Gasteiger partial charge in [0, 0.05) is 41.0 Å². The van der Waals surface area contributed by atoms with Crippen LogP contribution >= 0.6 is 0 Å². The highest BCUT2D eigenvalue weighted by atomic mass is 32.2. The number of carbonyl (C=O) groups is 4. The number of hydrogen-bond donors (Lipinski definition) is 4. The molecule has 2 aliphatic carbocycles. The van der Waals surface area contributed by atoms with E-state index in [-0.39, 0.29) is 25.3 Å². The van der Waals surface area contributed by atoms with E-state index in [9.17, 15) is 27.6 Å². The topological polar surface area (TPSA) is 185 Å². The Morgan fingerprint density at radius 3 is 2.50 bits per heavy atom. The zero-order valence-corrected chi connectivity index (χ0v) is 34.6. The molecule has 4 aliphatic rings. The van der Waals surface area contributed by atoms with Crippen LogP contribution in [0.1, 0.15) is 78.2 Å². The molecule has 58 heavy (non-hydrogen) atoms. The maximum Gasteiger partial charge on any atom is 0.315 e. The average Bonchev–Trinajstić information content (AvgIpc) is 4.11. The van der Waals surface area contributed by atoms with Gasteiger partial charge in [0.15, 0.2) is 0 Å². The highest BCUT2D eigenvalue weighted by Gasteiger charge is 2.62. The van der Waals surface area contributed by atoms with Crippen molar-refractivity contribution >= 4 is 44.7 Å². The molecule has 1 saturated heterocycles. The number of amides is 5. The highest BCUT2D eigenvalue weighted by molar-refractivity contribution is 7.91. The average molecular weight is 815 g/mol. The third kappa shape index (κ3) is 8.50. The number of aromatic nitrogens is 1. The van der Waals surface area contributed by atoms with Gasteiger partial charge in [-0.3, -0.25) is 19.1 Å². The van der Waals surface area contributed by atoms with Crippen LogP contribution < -0.4 is 30.1 Å². The number of nitrogens with zero attached hydrogens (tertiary/aromatic N) is 2. The maximum absolute atomic E-state index is 14.7. The molecule has 5 amide bonds. The van der Waals surface area contributed by atoms with Gasteiger partial charge in [0.25, 0.3) is 5.91 Å². The smallest absolute Gasteiger partial charge is 0.315 e. The maximum atomic E-state index is 14.7. The number of ether oxygens (including phenoxy) is 2. The second kappa shape index (κ2) is 15.9. The quantitative estimate of drug-likeness (QED) is 0.221. The summed E-state index contributed by atoms with van der Waals surface area (Å²) in [7, 11) is -2.28. The van der Waals surface area contributed by atoms with Crippen molar-refractivity contribution in [2.45, 2.75) is 114 Å². The van der Waals surface area contributed by atoms with Gasteiger partial charge in [-0.05, 0) is 69.9 Å². The summed E-state index contributed by atoms with van der Waals surface area (Å²) in [6.45, 7) is 11.3. The predicted molar refractivity (Wildman–Crippen MR) is 219 cm³/mol. The molecule has 0 unspecified atom stereocenters. The first-order valence-corrected chi connectivity index (χ1v) is 21.7. The van der Waals surface area contributed by atoms with Crippen molar-refractivity contribution in [3.05, 3.63) is 66.7 Å². The fraction of sp³-hybridized carbons (Fsp3) is 0.512. The molecule has 1 aromatic heterocycles. The molecule has 14 nitrogen and oxygen atoms in total. The van der Waals surface area contributed by atoms with E-state index in [0.29, 0.717) is 48.4 Å². The Labute approximate surface area is 339 Å². The summed E-state index contributed by atoms with van der Waals surface area (Å²) in [6, 6.07) is 12.9. The number of rotatable bonds is 9. The lowest BCUT2D eigenvalue weighted by atomic mass is 9.95. The number of benzene rings is 2. The third-order valence-electron chi connectivity index (χ3n) is 11.8. The van der Waals surface area contributed by atoms with E-state index in [0.717, 1.165) is 29.4 Å². The highest BCUT2D eigenvalue weighted by Crippen LogP contribution is 2.46. The Bertz CT molecular complexity index is 2230. The molecule has 3 heterocycles. The Hall–Kier alpha value is -5.18. The molecule has 5 atom stereocenters. The van der Waals surface area contributed by atoms with Crippen molar-refractivity contribution in [3.8, 4) is 22.8 Å². The second-order valence-corrected chi connectivity index (χ2v) is 19.1. The van der Waals surface area contributed by atoms with E-state index in [1.54, 1.807) is 7.11 Å². The summed E-state index contributed by atoms with van der Waals surface area (Å²) < 4.78 is 40.5. The van der Waals surface area contributed by atoms with Gasteiger partial charge in [-0.25, -0.2) is 18.2 Å². The van der Waals surface area contributed by atoms with Crippen LogP contribution in [0.25, 0.3) is 22.2 Å². The van der Waals surface area contributed by atoms with Crippen molar-refractivity contribution in [3.63, 3.8) is 0 Å². The molecular weight excluding hydrogens is 761 g/mol. The van der Waals surface area contributed by atoms with Crippen molar-refractivity contribution < 1.29 is 37.1 Å². The van der Waals surface area contributed by atoms with Crippen molar-refractivity contribution in [2.24, 2.45) is 11.8 Å². The van der Waals surface area contributed by atoms with E-state index in [4.69, 9.17) is 14.5 Å². The molecule has 0 spiro atoms. The lowest BCUT2D eigenvalue weighted by Gasteiger charge is -2.33. The number of sulfonamides is 1. The van der Waals surface area contributed by atoms with Gasteiger partial charge in [0.2, 0.25) is 21.8 Å². The van der Waals surface area contributed by atoms with Gasteiger partial charge in [-0.15, -0.1) is 6.58 Å². The van der Waals surface area contributed by atoms with Gasteiger partial charge in [-0.2, -0.15) is 0 Å². The Morgan fingerprint density at radius 2 is 1.84 bits per heavy atom. The molecule has 15 heteroatoms. The normalized spacial score (nSPS) is 26.1. The predicted octanol–water partition coefficient (Wildman–Crippen LogP) is 4.76. The molecule has 3 aromatic rings. The monoisotopic (exact) mass is 814 g/mol. The van der Waals surface area contributed by atoms with Gasteiger partial charge in [-0.1, -0.05) is 56.7 Å². The first kappa shape index (κ1) is 41.0. The van der Waals surface area contributed by atoms with E-state index in [2.05, 4.69) is 27.3 Å². The molecule has 2 aliphatic heterocycles. The molecule has 310 valence electrons. The summed E-state index contributed by atoms with van der Waals surface area (Å²) in [5, 5.41) is 8.87. The van der Waals surface area contributed by atoms with Crippen molar-refractivity contribution in [1.29, 1.82) is 0 Å². The molecule has 4 N–H and O–H groups in total. The molecule has 2 saturated carbocycles. The number of aryl methyl sites for hydroxylation is 1. The number of hydrogen-bond acceptors (Lipinski definition) is 9. The first-order chi connectivity index (χ1) is 27.5. The van der Waals surface area contributed by atoms with E-state index in [1.165, 1.54) is 11.0 Å². The summed E-state index contributed by atoms with van der Waals surface area (Å²) in [5.74, 6) is -1.63. The minimum absolute atomic E-state index is 0.0113. The molecule has 4 bridgehead atoms. The van der Waals surface area contributed by atoms with Crippen LogP contribution in [0.15, 0.2) is 61.2 Å². The number of carbonyl (C=O) groups excluding carboxylic acids is 4. The second-order valence-electron chi connectivity index (χ2n) is 17.1. The SMILES string of the molecule is C=C[C@@H]1C[C@]1(NC(=O)[C@@H]1C[C@@H]2CN1C(=O)[C@H](C(C)C)NC(=O)NC(C)(C)CCCCc1cc3c(cc(-c4ccccc4)nc3cc1OC)O2)C(=O)NS(=O)(=O)C1CC1. The molecule has 7 rings (SSSR count). The standard InChI is InChI=1S/C43H54N6O8S/c1-7-28-23-43(28,40(52)48-58(54,55)30-16-17-30)46-38(50)34-20-29-24-49(34)39(51)37(25(2)3)45-41(53)47-42(4,5)18-12-11-15-27-19-31-33(22-35(27)56-6)44-32(21-36(31)57-29)26-13-9-8-10-14-26/h7-10,13-14,19,21-22,25,28-30,34,37H,1,11-12,15-18,20,23-24H2,2-6H3,(H,46,50)(H,48,52)(H2,45,47,53)/t28-,29-,34+,37+,43-/m1/s1. The molecule has 2 aromatic carbocycles. The number of urea groups is 1. The lowest BCUT2D eigenvalue weighted by molar-refractivity contribution is -0.141. The van der Waals surface area contributed by atoms with Crippen LogP contribution in [0.4, 0.5) is 4.79 Å². The minimum Gasteiger partial charge on any atom is -0.496 e. The summed E-state index contributed by atoms with van der Waals surface area (Å²) in [4.78, 5) is 62.7. The lowest BCUT2D eigenvalue weighted by Crippen LogP contribution is -2.60. The fourth-order valence-electron chi connectivity index (χ4n) is 8.20. The van der Waals surface area contributed by atoms with Crippen LogP contribution in [0.2, 0.25) is 0 Å². The Kier molecular flexibility index (Phi) is 11.2. The van der Waals surface area contributed by atoms with E-state index >= 15 is 0 Å². The van der Waals surface area contributed by atoms with Crippen LogP contribution in [0.5, 0.6) is 11.5 Å². The molecular formula is C43H54N6O8S. The summed E-state index contributed by atoms with van der Waals surface area (Å²) >= 11 is 0. The zero-order chi connectivity index (χ0) is 41.6.